The molecule has 1 fully saturated rings. The molecule has 2 aliphatic rings. The molecule has 1 atom stereocenters. The van der Waals surface area contributed by atoms with E-state index in [0.29, 0.717) is 5.75 Å². The van der Waals surface area contributed by atoms with Gasteiger partial charge in [-0.2, -0.15) is 5.10 Å². The second kappa shape index (κ2) is 8.05. The lowest BCUT2D eigenvalue weighted by molar-refractivity contribution is -0.115. The molecule has 0 aromatic heterocycles. The molecule has 5 rings (SSSR count). The molecular formula is C24H19N3OS2. The number of benzene rings is 3. The lowest BCUT2D eigenvalue weighted by Gasteiger charge is -2.39. The minimum atomic E-state index is -0.684. The highest BCUT2D eigenvalue weighted by atomic mass is 32.2. The van der Waals surface area contributed by atoms with Crippen LogP contribution < -0.4 is 9.91 Å². The Balaban J connectivity index is 1.57. The van der Waals surface area contributed by atoms with Gasteiger partial charge in [0.05, 0.1) is 11.4 Å². The molecule has 3 aromatic carbocycles. The van der Waals surface area contributed by atoms with Crippen LogP contribution in [0.15, 0.2) is 102 Å². The van der Waals surface area contributed by atoms with E-state index in [1.807, 2.05) is 94.8 Å². The summed E-state index contributed by atoms with van der Waals surface area (Å²) in [6.45, 7) is 0. The summed E-state index contributed by atoms with van der Waals surface area (Å²) in [5.41, 5.74) is 2.95. The van der Waals surface area contributed by atoms with Crippen LogP contribution in [0, 0.1) is 0 Å². The largest absolute Gasteiger partial charge is 0.273 e. The van der Waals surface area contributed by atoms with Crippen molar-refractivity contribution in [1.82, 2.24) is 0 Å². The molecule has 0 radical (unpaired) electrons. The van der Waals surface area contributed by atoms with E-state index in [4.69, 9.17) is 5.10 Å². The minimum Gasteiger partial charge on any atom is -0.273 e. The summed E-state index contributed by atoms with van der Waals surface area (Å²) in [4.78, 5) is 14.9. The van der Waals surface area contributed by atoms with Crippen molar-refractivity contribution in [2.45, 2.75) is 4.33 Å². The molecule has 3 aromatic rings. The summed E-state index contributed by atoms with van der Waals surface area (Å²) in [5.74, 6) is 0.499. The zero-order chi connectivity index (χ0) is 20.4. The maximum absolute atomic E-state index is 13.0. The highest BCUT2D eigenvalue weighted by Gasteiger charge is 2.56. The van der Waals surface area contributed by atoms with Crippen LogP contribution in [0.1, 0.15) is 5.56 Å². The molecule has 0 saturated carbocycles. The Morgan fingerprint density at radius 2 is 1.40 bits per heavy atom. The second-order valence-electron chi connectivity index (χ2n) is 6.83. The van der Waals surface area contributed by atoms with Gasteiger partial charge in [0.15, 0.2) is 0 Å². The van der Waals surface area contributed by atoms with Gasteiger partial charge in [-0.05, 0) is 47.7 Å². The molecule has 1 unspecified atom stereocenters. The normalized spacial score (nSPS) is 21.1. The smallest absolute Gasteiger partial charge is 0.243 e. The Hall–Kier alpha value is -2.96. The summed E-state index contributed by atoms with van der Waals surface area (Å²) in [6, 6.07) is 30.0. The third kappa shape index (κ3) is 3.42. The van der Waals surface area contributed by atoms with Crippen molar-refractivity contribution in [2.24, 2.45) is 5.10 Å². The van der Waals surface area contributed by atoms with E-state index in [1.165, 1.54) is 0 Å². The molecule has 148 valence electrons. The number of carbonyl (C=O) groups excluding carboxylic acids is 1. The Morgan fingerprint density at radius 1 is 0.800 bits per heavy atom. The van der Waals surface area contributed by atoms with E-state index in [1.54, 1.807) is 23.5 Å². The van der Waals surface area contributed by atoms with Crippen molar-refractivity contribution >= 4 is 51.9 Å². The molecule has 2 heterocycles. The maximum Gasteiger partial charge on any atom is 0.243 e. The van der Waals surface area contributed by atoms with E-state index in [9.17, 15) is 4.79 Å². The topological polar surface area (TPSA) is 35.9 Å². The van der Waals surface area contributed by atoms with Gasteiger partial charge in [0.1, 0.15) is 5.04 Å². The number of rotatable bonds is 4. The fraction of sp³-hybridized carbons (Fsp3) is 0.0833. The molecule has 0 bridgehead atoms. The average Bonchev–Trinajstić information content (AvgIpc) is 3.34. The first-order valence-corrected chi connectivity index (χ1v) is 11.4. The summed E-state index contributed by atoms with van der Waals surface area (Å²) in [6.07, 6.45) is 4.08. The zero-order valence-corrected chi connectivity index (χ0v) is 17.7. The number of hydrazone groups is 1. The molecule has 0 N–H and O–H groups in total. The van der Waals surface area contributed by atoms with Crippen molar-refractivity contribution in [3.8, 4) is 0 Å². The lowest BCUT2D eigenvalue weighted by Crippen LogP contribution is -2.51. The lowest BCUT2D eigenvalue weighted by atomic mass is 10.2. The van der Waals surface area contributed by atoms with Crippen LogP contribution in [0.3, 0.4) is 0 Å². The van der Waals surface area contributed by atoms with Crippen LogP contribution in [-0.2, 0) is 4.79 Å². The number of para-hydroxylation sites is 2. The Labute approximate surface area is 184 Å². The van der Waals surface area contributed by atoms with Gasteiger partial charge in [-0.25, -0.2) is 5.01 Å². The van der Waals surface area contributed by atoms with Gasteiger partial charge >= 0.3 is 0 Å². The third-order valence-corrected chi connectivity index (χ3v) is 7.63. The number of hydrogen-bond donors (Lipinski definition) is 0. The second-order valence-corrected chi connectivity index (χ2v) is 9.43. The van der Waals surface area contributed by atoms with Crippen molar-refractivity contribution in [3.05, 3.63) is 103 Å². The molecule has 1 saturated heterocycles. The SMILES string of the molecule is O=C1CSC2(SC(C=Cc3ccccc3)=NN2c2ccccc2)N1c1ccccc1. The Kier molecular flexibility index (Phi) is 5.11. The molecule has 2 aliphatic heterocycles. The Bertz CT molecular complexity index is 1100. The first-order chi connectivity index (χ1) is 14.8. The number of amides is 1. The highest BCUT2D eigenvalue weighted by molar-refractivity contribution is 8.27. The molecular weight excluding hydrogens is 410 g/mol. The number of carbonyl (C=O) groups is 1. The standard InChI is InChI=1S/C24H19N3OS2/c28-23-18-29-24(26(23)20-12-6-2-7-13-20)27(21-14-8-3-9-15-21)25-22(30-24)17-16-19-10-4-1-5-11-19/h1-17H,18H2. The van der Waals surface area contributed by atoms with Crippen LogP contribution in [0.4, 0.5) is 11.4 Å². The Morgan fingerprint density at radius 3 is 2.07 bits per heavy atom. The minimum absolute atomic E-state index is 0.0862. The molecule has 30 heavy (non-hydrogen) atoms. The first kappa shape index (κ1) is 19.0. The van der Waals surface area contributed by atoms with Gasteiger partial charge in [0.2, 0.25) is 10.2 Å². The van der Waals surface area contributed by atoms with Crippen molar-refractivity contribution in [3.63, 3.8) is 0 Å². The first-order valence-electron chi connectivity index (χ1n) is 9.64. The van der Waals surface area contributed by atoms with E-state index < -0.39 is 4.33 Å². The monoisotopic (exact) mass is 429 g/mol. The van der Waals surface area contributed by atoms with E-state index >= 15 is 0 Å². The van der Waals surface area contributed by atoms with E-state index in [2.05, 4.69) is 18.2 Å². The number of nitrogens with zero attached hydrogens (tertiary/aromatic N) is 3. The van der Waals surface area contributed by atoms with E-state index in [-0.39, 0.29) is 5.91 Å². The van der Waals surface area contributed by atoms with Gasteiger partial charge in [0.25, 0.3) is 0 Å². The van der Waals surface area contributed by atoms with Crippen molar-refractivity contribution < 1.29 is 4.79 Å². The van der Waals surface area contributed by atoms with Gasteiger partial charge in [-0.3, -0.25) is 9.69 Å². The van der Waals surface area contributed by atoms with Crippen LogP contribution in [-0.4, -0.2) is 21.0 Å². The summed E-state index contributed by atoms with van der Waals surface area (Å²) < 4.78 is -0.684. The molecule has 6 heteroatoms. The number of hydrogen-bond acceptors (Lipinski definition) is 5. The van der Waals surface area contributed by atoms with Gasteiger partial charge in [0, 0.05) is 5.69 Å². The zero-order valence-electron chi connectivity index (χ0n) is 16.1. The maximum atomic E-state index is 13.0. The average molecular weight is 430 g/mol. The van der Waals surface area contributed by atoms with Gasteiger partial charge in [-0.15, -0.1) is 0 Å². The summed E-state index contributed by atoms with van der Waals surface area (Å²) in [7, 11) is 0. The van der Waals surface area contributed by atoms with Crippen LogP contribution in [0.25, 0.3) is 6.08 Å². The predicted molar refractivity (Wildman–Crippen MR) is 129 cm³/mol. The molecule has 0 aliphatic carbocycles. The summed E-state index contributed by atoms with van der Waals surface area (Å²) >= 11 is 3.22. The van der Waals surface area contributed by atoms with Crippen molar-refractivity contribution in [2.75, 3.05) is 15.7 Å². The molecule has 1 spiro atoms. The van der Waals surface area contributed by atoms with Crippen molar-refractivity contribution in [1.29, 1.82) is 0 Å². The molecule has 1 amide bonds. The van der Waals surface area contributed by atoms with Crippen LogP contribution >= 0.6 is 23.5 Å². The third-order valence-electron chi connectivity index (χ3n) is 4.85. The van der Waals surface area contributed by atoms with Gasteiger partial charge in [-0.1, -0.05) is 84.6 Å². The van der Waals surface area contributed by atoms with Gasteiger partial charge < -0.3 is 0 Å². The van der Waals surface area contributed by atoms with E-state index in [0.717, 1.165) is 22.0 Å². The quantitative estimate of drug-likeness (QED) is 0.536. The fourth-order valence-electron chi connectivity index (χ4n) is 3.51. The van der Waals surface area contributed by atoms with Crippen LogP contribution in [0.5, 0.6) is 0 Å². The van der Waals surface area contributed by atoms with Crippen LogP contribution in [0.2, 0.25) is 0 Å². The highest BCUT2D eigenvalue weighted by Crippen LogP contribution is 2.55. The number of anilines is 2. The fourth-order valence-corrected chi connectivity index (χ4v) is 6.28. The molecule has 4 nitrogen and oxygen atoms in total. The summed E-state index contributed by atoms with van der Waals surface area (Å²) in [5, 5.41) is 7.77. The number of thioether (sulfide) groups is 2. The predicted octanol–water partition coefficient (Wildman–Crippen LogP) is 5.66.